The summed E-state index contributed by atoms with van der Waals surface area (Å²) in [5.41, 5.74) is 0. The highest BCUT2D eigenvalue weighted by atomic mass is 19.3. The first kappa shape index (κ1) is 12.3. The topological polar surface area (TPSA) is 23.6 Å². The molecule has 0 aromatic heterocycles. The number of halogens is 2. The van der Waals surface area contributed by atoms with Crippen molar-refractivity contribution >= 4 is 5.91 Å². The van der Waals surface area contributed by atoms with Crippen molar-refractivity contribution in [2.75, 3.05) is 13.1 Å². The quantitative estimate of drug-likeness (QED) is 0.753. The lowest BCUT2D eigenvalue weighted by Gasteiger charge is -2.43. The van der Waals surface area contributed by atoms with Crippen LogP contribution in [0.15, 0.2) is 0 Å². The summed E-state index contributed by atoms with van der Waals surface area (Å²) in [6, 6.07) is 0.790. The third-order valence-corrected chi connectivity index (χ3v) is 4.62. The van der Waals surface area contributed by atoms with Crippen molar-refractivity contribution in [3.63, 3.8) is 0 Å². The van der Waals surface area contributed by atoms with Gasteiger partial charge in [-0.25, -0.2) is 8.78 Å². The number of hydrogen-bond donors (Lipinski definition) is 0. The lowest BCUT2D eigenvalue weighted by molar-refractivity contribution is -0.141. The smallest absolute Gasteiger partial charge is 0.260 e. The second kappa shape index (κ2) is 3.89. The molecule has 2 heterocycles. The maximum absolute atomic E-state index is 13.0. The van der Waals surface area contributed by atoms with Gasteiger partial charge in [-0.1, -0.05) is 0 Å². The van der Waals surface area contributed by atoms with Gasteiger partial charge in [0.05, 0.1) is 0 Å². The minimum absolute atomic E-state index is 0.162. The number of fused-ring (bicyclic) bond motifs is 2. The average molecular weight is 258 g/mol. The maximum atomic E-state index is 13.0. The number of amides is 1. The Labute approximate surface area is 106 Å². The summed E-state index contributed by atoms with van der Waals surface area (Å²) < 4.78 is 26.0. The van der Waals surface area contributed by atoms with Gasteiger partial charge in [-0.05, 0) is 26.7 Å². The third kappa shape index (κ3) is 1.83. The standard InChI is InChI=1S/C13H20F2N2O/c1-8(2)16-6-9-3-4-10(7-16)17(9)12(18)11-5-13(11,14)15/h8-11H,3-7H2,1-2H3/t9-,10+,11-/m0/s1. The van der Waals surface area contributed by atoms with E-state index < -0.39 is 11.8 Å². The Balaban J connectivity index is 1.71. The number of carbonyl (C=O) groups is 1. The van der Waals surface area contributed by atoms with Gasteiger partial charge in [-0.2, -0.15) is 0 Å². The predicted molar refractivity (Wildman–Crippen MR) is 63.4 cm³/mol. The molecule has 5 heteroatoms. The molecule has 0 unspecified atom stereocenters. The zero-order chi connectivity index (χ0) is 13.1. The summed E-state index contributed by atoms with van der Waals surface area (Å²) in [6.07, 6.45) is 1.70. The van der Waals surface area contributed by atoms with Crippen LogP contribution >= 0.6 is 0 Å². The molecule has 0 spiro atoms. The molecule has 3 nitrogen and oxygen atoms in total. The van der Waals surface area contributed by atoms with Crippen molar-refractivity contribution in [2.24, 2.45) is 5.92 Å². The molecule has 0 N–H and O–H groups in total. The maximum Gasteiger partial charge on any atom is 0.260 e. The number of nitrogens with zero attached hydrogens (tertiary/aromatic N) is 2. The van der Waals surface area contributed by atoms with Gasteiger partial charge in [0.2, 0.25) is 5.91 Å². The van der Waals surface area contributed by atoms with Crippen LogP contribution in [0.5, 0.6) is 0 Å². The van der Waals surface area contributed by atoms with Gasteiger partial charge in [0, 0.05) is 37.6 Å². The predicted octanol–water partition coefficient (Wildman–Crippen LogP) is 1.73. The number of likely N-dealkylation sites (tertiary alicyclic amines) is 1. The van der Waals surface area contributed by atoms with E-state index in [4.69, 9.17) is 0 Å². The molecule has 1 saturated carbocycles. The second-order valence-electron chi connectivity index (χ2n) is 6.20. The Morgan fingerprint density at radius 1 is 1.22 bits per heavy atom. The van der Waals surface area contributed by atoms with Gasteiger partial charge in [-0.15, -0.1) is 0 Å². The van der Waals surface area contributed by atoms with E-state index in [1.807, 2.05) is 0 Å². The molecule has 18 heavy (non-hydrogen) atoms. The number of piperazine rings is 1. The normalized spacial score (nSPS) is 38.3. The largest absolute Gasteiger partial charge is 0.334 e. The van der Waals surface area contributed by atoms with Crippen LogP contribution in [-0.4, -0.2) is 52.8 Å². The van der Waals surface area contributed by atoms with Crippen molar-refractivity contribution in [3.05, 3.63) is 0 Å². The van der Waals surface area contributed by atoms with Gasteiger partial charge < -0.3 is 4.90 Å². The fourth-order valence-corrected chi connectivity index (χ4v) is 3.38. The van der Waals surface area contributed by atoms with Gasteiger partial charge >= 0.3 is 0 Å². The van der Waals surface area contributed by atoms with E-state index in [1.54, 1.807) is 4.90 Å². The first-order valence-corrected chi connectivity index (χ1v) is 6.84. The Morgan fingerprint density at radius 3 is 2.11 bits per heavy atom. The lowest BCUT2D eigenvalue weighted by atomic mass is 10.1. The molecular weight excluding hydrogens is 238 g/mol. The molecule has 1 aliphatic carbocycles. The molecule has 3 aliphatic rings. The molecule has 2 aliphatic heterocycles. The van der Waals surface area contributed by atoms with E-state index in [0.29, 0.717) is 6.04 Å². The Bertz CT molecular complexity index is 358. The number of carbonyl (C=O) groups excluding carboxylic acids is 1. The molecule has 2 saturated heterocycles. The fraction of sp³-hybridized carbons (Fsp3) is 0.923. The zero-order valence-electron chi connectivity index (χ0n) is 10.9. The minimum atomic E-state index is -2.73. The molecule has 2 bridgehead atoms. The van der Waals surface area contributed by atoms with Crippen molar-refractivity contribution in [2.45, 2.75) is 57.2 Å². The van der Waals surface area contributed by atoms with Crippen LogP contribution in [0.1, 0.15) is 33.1 Å². The molecule has 102 valence electrons. The Hall–Kier alpha value is -0.710. The number of hydrogen-bond acceptors (Lipinski definition) is 2. The van der Waals surface area contributed by atoms with E-state index in [9.17, 15) is 13.6 Å². The highest BCUT2D eigenvalue weighted by Gasteiger charge is 2.63. The summed E-state index contributed by atoms with van der Waals surface area (Å²) in [5.74, 6) is -4.05. The van der Waals surface area contributed by atoms with Crippen LogP contribution < -0.4 is 0 Å². The first-order valence-electron chi connectivity index (χ1n) is 6.84. The van der Waals surface area contributed by atoms with Crippen molar-refractivity contribution in [1.82, 2.24) is 9.80 Å². The average Bonchev–Trinajstić information content (AvgIpc) is 2.85. The van der Waals surface area contributed by atoms with Crippen LogP contribution in [0.3, 0.4) is 0 Å². The van der Waals surface area contributed by atoms with Gasteiger partial charge in [-0.3, -0.25) is 9.69 Å². The second-order valence-corrected chi connectivity index (χ2v) is 6.20. The molecule has 1 amide bonds. The van der Waals surface area contributed by atoms with Gasteiger partial charge in [0.15, 0.2) is 0 Å². The summed E-state index contributed by atoms with van der Waals surface area (Å²) >= 11 is 0. The zero-order valence-corrected chi connectivity index (χ0v) is 10.9. The highest BCUT2D eigenvalue weighted by Crippen LogP contribution is 2.51. The van der Waals surface area contributed by atoms with Crippen LogP contribution in [0.2, 0.25) is 0 Å². The van der Waals surface area contributed by atoms with E-state index in [0.717, 1.165) is 25.9 Å². The molecule has 3 atom stereocenters. The van der Waals surface area contributed by atoms with Crippen molar-refractivity contribution in [3.8, 4) is 0 Å². The fourth-order valence-electron chi connectivity index (χ4n) is 3.38. The van der Waals surface area contributed by atoms with Crippen molar-refractivity contribution in [1.29, 1.82) is 0 Å². The van der Waals surface area contributed by atoms with E-state index in [2.05, 4.69) is 18.7 Å². The number of rotatable bonds is 2. The molecule has 0 radical (unpaired) electrons. The summed E-state index contributed by atoms with van der Waals surface area (Å²) in [7, 11) is 0. The molecule has 0 aromatic carbocycles. The van der Waals surface area contributed by atoms with Crippen LogP contribution in [-0.2, 0) is 4.79 Å². The van der Waals surface area contributed by atoms with Crippen LogP contribution in [0.25, 0.3) is 0 Å². The Morgan fingerprint density at radius 2 is 1.72 bits per heavy atom. The summed E-state index contributed by atoms with van der Waals surface area (Å²) in [4.78, 5) is 16.3. The third-order valence-electron chi connectivity index (χ3n) is 4.62. The van der Waals surface area contributed by atoms with E-state index >= 15 is 0 Å². The highest BCUT2D eigenvalue weighted by molar-refractivity contribution is 5.84. The van der Waals surface area contributed by atoms with Crippen molar-refractivity contribution < 1.29 is 13.6 Å². The monoisotopic (exact) mass is 258 g/mol. The van der Waals surface area contributed by atoms with Gasteiger partial charge in [0.25, 0.3) is 5.92 Å². The lowest BCUT2D eigenvalue weighted by Crippen LogP contribution is -2.57. The molecule has 3 fully saturated rings. The molecule has 0 aromatic rings. The Kier molecular flexibility index (Phi) is 2.66. The van der Waals surface area contributed by atoms with Crippen LogP contribution in [0.4, 0.5) is 8.78 Å². The van der Waals surface area contributed by atoms with Gasteiger partial charge in [0.1, 0.15) is 5.92 Å². The molecular formula is C13H20F2N2O. The van der Waals surface area contributed by atoms with E-state index in [-0.39, 0.29) is 24.4 Å². The van der Waals surface area contributed by atoms with E-state index in [1.165, 1.54) is 0 Å². The minimum Gasteiger partial charge on any atom is -0.334 e. The van der Waals surface area contributed by atoms with Crippen LogP contribution in [0, 0.1) is 5.92 Å². The molecule has 3 rings (SSSR count). The summed E-state index contributed by atoms with van der Waals surface area (Å²) in [5, 5.41) is 0. The summed E-state index contributed by atoms with van der Waals surface area (Å²) in [6.45, 7) is 5.98. The first-order chi connectivity index (χ1) is 8.40. The number of alkyl halides is 2. The SMILES string of the molecule is CC(C)N1C[C@H]2CC[C@@H](C1)N2C(=O)[C@@H]1CC1(F)F.